The summed E-state index contributed by atoms with van der Waals surface area (Å²) in [6.45, 7) is 8.89. The Morgan fingerprint density at radius 3 is 2.48 bits per heavy atom. The van der Waals surface area contributed by atoms with Gasteiger partial charge < -0.3 is 20.7 Å². The molecule has 0 atom stereocenters. The monoisotopic (exact) mass is 348 g/mol. The summed E-state index contributed by atoms with van der Waals surface area (Å²) in [7, 11) is 1.76. The van der Waals surface area contributed by atoms with Gasteiger partial charge in [-0.15, -0.1) is 0 Å². The van der Waals surface area contributed by atoms with Gasteiger partial charge >= 0.3 is 0 Å². The highest BCUT2D eigenvalue weighted by atomic mass is 16.5. The maximum Gasteiger partial charge on any atom is 0.226 e. The SMILES string of the molecule is CCOCCCCNC(=NC)NCc1ccc(NC(=O)C(C)C)cc1. The summed E-state index contributed by atoms with van der Waals surface area (Å²) in [5.41, 5.74) is 1.95. The highest BCUT2D eigenvalue weighted by Crippen LogP contribution is 2.10. The first-order valence-electron chi connectivity index (χ1n) is 8.98. The number of amides is 1. The van der Waals surface area contributed by atoms with Crippen LogP contribution in [0.3, 0.4) is 0 Å². The topological polar surface area (TPSA) is 74.8 Å². The van der Waals surface area contributed by atoms with E-state index in [1.807, 2.05) is 45.0 Å². The smallest absolute Gasteiger partial charge is 0.226 e. The molecule has 1 rings (SSSR count). The summed E-state index contributed by atoms with van der Waals surface area (Å²) in [5.74, 6) is 0.790. The molecule has 0 radical (unpaired) electrons. The van der Waals surface area contributed by atoms with Crippen molar-refractivity contribution in [2.75, 3.05) is 32.1 Å². The van der Waals surface area contributed by atoms with Crippen LogP contribution in [-0.2, 0) is 16.1 Å². The van der Waals surface area contributed by atoms with Crippen molar-refractivity contribution in [3.05, 3.63) is 29.8 Å². The van der Waals surface area contributed by atoms with Gasteiger partial charge in [-0.05, 0) is 37.5 Å². The minimum absolute atomic E-state index is 0.0238. The zero-order valence-corrected chi connectivity index (χ0v) is 15.9. The molecule has 1 amide bonds. The van der Waals surface area contributed by atoms with Crippen LogP contribution in [0.4, 0.5) is 5.69 Å². The molecular weight excluding hydrogens is 316 g/mol. The molecule has 0 unspecified atom stereocenters. The molecule has 6 nitrogen and oxygen atoms in total. The Balaban J connectivity index is 2.32. The second kappa shape index (κ2) is 12.3. The van der Waals surface area contributed by atoms with Gasteiger partial charge in [0.2, 0.25) is 5.91 Å². The van der Waals surface area contributed by atoms with Crippen LogP contribution in [0.2, 0.25) is 0 Å². The van der Waals surface area contributed by atoms with E-state index in [2.05, 4.69) is 20.9 Å². The Bertz CT molecular complexity index is 527. The largest absolute Gasteiger partial charge is 0.382 e. The predicted molar refractivity (Wildman–Crippen MR) is 104 cm³/mol. The zero-order valence-electron chi connectivity index (χ0n) is 15.9. The number of hydrogen-bond acceptors (Lipinski definition) is 3. The van der Waals surface area contributed by atoms with E-state index in [9.17, 15) is 4.79 Å². The average Bonchev–Trinajstić information content (AvgIpc) is 2.61. The van der Waals surface area contributed by atoms with E-state index in [4.69, 9.17) is 4.74 Å². The second-order valence-electron chi connectivity index (χ2n) is 6.10. The van der Waals surface area contributed by atoms with Crippen molar-refractivity contribution < 1.29 is 9.53 Å². The van der Waals surface area contributed by atoms with E-state index >= 15 is 0 Å². The molecule has 140 valence electrons. The van der Waals surface area contributed by atoms with Gasteiger partial charge in [0, 0.05) is 45.0 Å². The number of guanidine groups is 1. The van der Waals surface area contributed by atoms with E-state index in [0.29, 0.717) is 6.54 Å². The van der Waals surface area contributed by atoms with Crippen LogP contribution in [0.25, 0.3) is 0 Å². The van der Waals surface area contributed by atoms with E-state index in [0.717, 1.165) is 49.8 Å². The Hall–Kier alpha value is -2.08. The fraction of sp³-hybridized carbons (Fsp3) is 0.579. The molecule has 1 aromatic rings. The first kappa shape index (κ1) is 21.0. The van der Waals surface area contributed by atoms with Crippen molar-refractivity contribution in [3.8, 4) is 0 Å². The van der Waals surface area contributed by atoms with Gasteiger partial charge in [-0.25, -0.2) is 0 Å². The lowest BCUT2D eigenvalue weighted by atomic mass is 10.1. The number of unbranched alkanes of at least 4 members (excludes halogenated alkanes) is 1. The fourth-order valence-corrected chi connectivity index (χ4v) is 2.08. The number of aliphatic imine (C=N–C) groups is 1. The lowest BCUT2D eigenvalue weighted by Crippen LogP contribution is -2.37. The Morgan fingerprint density at radius 1 is 1.16 bits per heavy atom. The van der Waals surface area contributed by atoms with E-state index in [-0.39, 0.29) is 11.8 Å². The lowest BCUT2D eigenvalue weighted by Gasteiger charge is -2.12. The highest BCUT2D eigenvalue weighted by Gasteiger charge is 2.06. The standard InChI is InChI=1S/C19H32N4O2/c1-5-25-13-7-6-12-21-19(20-4)22-14-16-8-10-17(11-9-16)23-18(24)15(2)3/h8-11,15H,5-7,12-14H2,1-4H3,(H,23,24)(H2,20,21,22). The van der Waals surface area contributed by atoms with Gasteiger partial charge in [0.05, 0.1) is 0 Å². The Labute approximate surface area is 151 Å². The lowest BCUT2D eigenvalue weighted by molar-refractivity contribution is -0.118. The molecule has 0 saturated carbocycles. The number of nitrogens with one attached hydrogen (secondary N) is 3. The van der Waals surface area contributed by atoms with Gasteiger partial charge in [-0.1, -0.05) is 26.0 Å². The number of carbonyl (C=O) groups is 1. The number of carbonyl (C=O) groups excluding carboxylic acids is 1. The fourth-order valence-electron chi connectivity index (χ4n) is 2.08. The summed E-state index contributed by atoms with van der Waals surface area (Å²) in [6, 6.07) is 7.83. The van der Waals surface area contributed by atoms with Crippen LogP contribution >= 0.6 is 0 Å². The molecule has 0 aliphatic heterocycles. The van der Waals surface area contributed by atoms with Crippen molar-refractivity contribution >= 4 is 17.6 Å². The highest BCUT2D eigenvalue weighted by molar-refractivity contribution is 5.92. The van der Waals surface area contributed by atoms with Gasteiger partial charge in [0.15, 0.2) is 5.96 Å². The van der Waals surface area contributed by atoms with Crippen molar-refractivity contribution in [2.24, 2.45) is 10.9 Å². The van der Waals surface area contributed by atoms with Crippen LogP contribution in [-0.4, -0.2) is 38.7 Å². The van der Waals surface area contributed by atoms with Gasteiger partial charge in [-0.3, -0.25) is 9.79 Å². The van der Waals surface area contributed by atoms with Gasteiger partial charge in [-0.2, -0.15) is 0 Å². The van der Waals surface area contributed by atoms with E-state index < -0.39 is 0 Å². The molecule has 0 heterocycles. The van der Waals surface area contributed by atoms with Crippen LogP contribution in [0.1, 0.15) is 39.2 Å². The predicted octanol–water partition coefficient (Wildman–Crippen LogP) is 2.76. The quantitative estimate of drug-likeness (QED) is 0.345. The Morgan fingerprint density at radius 2 is 1.88 bits per heavy atom. The first-order valence-corrected chi connectivity index (χ1v) is 8.98. The molecule has 0 spiro atoms. The number of anilines is 1. The normalized spacial score (nSPS) is 11.5. The van der Waals surface area contributed by atoms with Crippen LogP contribution in [0.5, 0.6) is 0 Å². The summed E-state index contributed by atoms with van der Waals surface area (Å²) in [5, 5.41) is 9.47. The maximum absolute atomic E-state index is 11.7. The van der Waals surface area contributed by atoms with Crippen molar-refractivity contribution in [1.82, 2.24) is 10.6 Å². The van der Waals surface area contributed by atoms with Crippen LogP contribution < -0.4 is 16.0 Å². The summed E-state index contributed by atoms with van der Waals surface area (Å²) in [4.78, 5) is 15.9. The van der Waals surface area contributed by atoms with Crippen molar-refractivity contribution in [1.29, 1.82) is 0 Å². The van der Waals surface area contributed by atoms with Crippen LogP contribution in [0.15, 0.2) is 29.3 Å². The molecular formula is C19H32N4O2. The molecule has 0 saturated heterocycles. The third-order valence-electron chi connectivity index (χ3n) is 3.64. The molecule has 0 aromatic heterocycles. The number of nitrogens with zero attached hydrogens (tertiary/aromatic N) is 1. The maximum atomic E-state index is 11.7. The summed E-state index contributed by atoms with van der Waals surface area (Å²) >= 11 is 0. The van der Waals surface area contributed by atoms with E-state index in [1.54, 1.807) is 7.05 Å². The molecule has 0 aliphatic rings. The first-order chi connectivity index (χ1) is 12.1. The third kappa shape index (κ3) is 9.10. The minimum atomic E-state index is -0.0238. The number of benzene rings is 1. The molecule has 3 N–H and O–H groups in total. The van der Waals surface area contributed by atoms with Gasteiger partial charge in [0.25, 0.3) is 0 Å². The number of rotatable bonds is 10. The second-order valence-corrected chi connectivity index (χ2v) is 6.10. The molecule has 0 bridgehead atoms. The molecule has 25 heavy (non-hydrogen) atoms. The number of hydrogen-bond donors (Lipinski definition) is 3. The molecule has 6 heteroatoms. The van der Waals surface area contributed by atoms with E-state index in [1.165, 1.54) is 0 Å². The molecule has 1 aromatic carbocycles. The zero-order chi connectivity index (χ0) is 18.5. The molecule has 0 aliphatic carbocycles. The van der Waals surface area contributed by atoms with Gasteiger partial charge in [0.1, 0.15) is 0 Å². The average molecular weight is 348 g/mol. The van der Waals surface area contributed by atoms with Crippen LogP contribution in [0, 0.1) is 5.92 Å². The summed E-state index contributed by atoms with van der Waals surface area (Å²) in [6.07, 6.45) is 2.09. The Kier molecular flexibility index (Phi) is 10.3. The number of ether oxygens (including phenoxy) is 1. The summed E-state index contributed by atoms with van der Waals surface area (Å²) < 4.78 is 5.32. The minimum Gasteiger partial charge on any atom is -0.382 e. The third-order valence-corrected chi connectivity index (χ3v) is 3.64. The van der Waals surface area contributed by atoms with Crippen molar-refractivity contribution in [3.63, 3.8) is 0 Å². The van der Waals surface area contributed by atoms with Crippen molar-refractivity contribution in [2.45, 2.75) is 40.2 Å². The molecule has 0 fully saturated rings.